The summed E-state index contributed by atoms with van der Waals surface area (Å²) in [6.07, 6.45) is 2.28. The number of aliphatic hydroxyl groups is 1. The van der Waals surface area contributed by atoms with Gasteiger partial charge in [0, 0.05) is 6.20 Å². The zero-order valence-corrected chi connectivity index (χ0v) is 6.82. The smallest absolute Gasteiger partial charge is 0.211 e. The zero-order valence-electron chi connectivity index (χ0n) is 6.82. The first kappa shape index (κ1) is 8.73. The van der Waals surface area contributed by atoms with Crippen LogP contribution >= 0.6 is 0 Å². The van der Waals surface area contributed by atoms with Crippen molar-refractivity contribution < 1.29 is 9.90 Å². The quantitative estimate of drug-likeness (QED) is 0.611. The van der Waals surface area contributed by atoms with Crippen LogP contribution in [0.1, 0.15) is 5.69 Å². The van der Waals surface area contributed by atoms with Crippen LogP contribution in [-0.2, 0) is 11.3 Å². The molecule has 0 fully saturated rings. The van der Waals surface area contributed by atoms with E-state index in [0.29, 0.717) is 18.6 Å². The number of aromatic nitrogens is 2. The highest BCUT2D eigenvalue weighted by atomic mass is 16.3. The first-order valence-electron chi connectivity index (χ1n) is 3.63. The third kappa shape index (κ3) is 1.82. The van der Waals surface area contributed by atoms with E-state index in [1.54, 1.807) is 17.8 Å². The number of rotatable bonds is 4. The van der Waals surface area contributed by atoms with Gasteiger partial charge in [0.25, 0.3) is 0 Å². The van der Waals surface area contributed by atoms with Crippen molar-refractivity contribution in [2.45, 2.75) is 13.5 Å². The molecule has 0 aliphatic carbocycles. The van der Waals surface area contributed by atoms with Crippen molar-refractivity contribution in [2.75, 3.05) is 11.9 Å². The van der Waals surface area contributed by atoms with Crippen molar-refractivity contribution in [3.8, 4) is 0 Å². The van der Waals surface area contributed by atoms with Gasteiger partial charge in [0.2, 0.25) is 6.41 Å². The van der Waals surface area contributed by atoms with Crippen molar-refractivity contribution in [1.29, 1.82) is 0 Å². The van der Waals surface area contributed by atoms with E-state index in [2.05, 4.69) is 10.4 Å². The molecular formula is C7H11N3O2. The van der Waals surface area contributed by atoms with Crippen LogP contribution in [0.2, 0.25) is 0 Å². The number of anilines is 1. The van der Waals surface area contributed by atoms with Gasteiger partial charge in [0.1, 0.15) is 0 Å². The van der Waals surface area contributed by atoms with Gasteiger partial charge in [-0.25, -0.2) is 0 Å². The highest BCUT2D eigenvalue weighted by molar-refractivity contribution is 5.71. The Morgan fingerprint density at radius 2 is 2.58 bits per heavy atom. The van der Waals surface area contributed by atoms with E-state index in [4.69, 9.17) is 5.11 Å². The van der Waals surface area contributed by atoms with Crippen molar-refractivity contribution >= 4 is 12.1 Å². The average molecular weight is 169 g/mol. The molecule has 0 aliphatic rings. The summed E-state index contributed by atoms with van der Waals surface area (Å²) in [7, 11) is 0. The van der Waals surface area contributed by atoms with Gasteiger partial charge in [0.05, 0.1) is 24.5 Å². The first-order chi connectivity index (χ1) is 5.77. The molecule has 2 N–H and O–H groups in total. The van der Waals surface area contributed by atoms with Gasteiger partial charge in [-0.1, -0.05) is 0 Å². The van der Waals surface area contributed by atoms with Gasteiger partial charge in [0.15, 0.2) is 0 Å². The molecule has 0 spiro atoms. The third-order valence-corrected chi connectivity index (χ3v) is 1.49. The number of hydrogen-bond acceptors (Lipinski definition) is 3. The molecule has 1 amide bonds. The fourth-order valence-electron chi connectivity index (χ4n) is 0.940. The molecule has 0 saturated carbocycles. The minimum Gasteiger partial charge on any atom is -0.394 e. The molecule has 0 saturated heterocycles. The van der Waals surface area contributed by atoms with Crippen LogP contribution in [0.15, 0.2) is 6.20 Å². The summed E-state index contributed by atoms with van der Waals surface area (Å²) in [5.41, 5.74) is 1.43. The molecule has 5 heteroatoms. The van der Waals surface area contributed by atoms with E-state index in [1.807, 2.05) is 0 Å². The Kier molecular flexibility index (Phi) is 2.82. The SMILES string of the molecule is Cc1nn(CCO)cc1NC=O. The Hall–Kier alpha value is -1.36. The topological polar surface area (TPSA) is 67.2 Å². The van der Waals surface area contributed by atoms with Gasteiger partial charge < -0.3 is 10.4 Å². The molecule has 1 heterocycles. The van der Waals surface area contributed by atoms with Crippen LogP contribution in [0, 0.1) is 6.92 Å². The number of carbonyl (C=O) groups is 1. The van der Waals surface area contributed by atoms with E-state index in [1.165, 1.54) is 0 Å². The zero-order chi connectivity index (χ0) is 8.97. The van der Waals surface area contributed by atoms with Gasteiger partial charge in [-0.05, 0) is 6.92 Å². The summed E-state index contributed by atoms with van der Waals surface area (Å²) < 4.78 is 1.58. The largest absolute Gasteiger partial charge is 0.394 e. The van der Waals surface area contributed by atoms with Crippen molar-refractivity contribution in [3.05, 3.63) is 11.9 Å². The lowest BCUT2D eigenvalue weighted by atomic mass is 10.4. The number of amides is 1. The standard InChI is InChI=1S/C7H11N3O2/c1-6-7(8-5-12)4-10(9-6)2-3-11/h4-5,11H,2-3H2,1H3,(H,8,12). The maximum absolute atomic E-state index is 10.1. The molecule has 12 heavy (non-hydrogen) atoms. The van der Waals surface area contributed by atoms with E-state index in [0.717, 1.165) is 5.69 Å². The second-order valence-corrected chi connectivity index (χ2v) is 2.38. The molecular weight excluding hydrogens is 158 g/mol. The number of aliphatic hydroxyl groups excluding tert-OH is 1. The van der Waals surface area contributed by atoms with Crippen LogP contribution < -0.4 is 5.32 Å². The highest BCUT2D eigenvalue weighted by Crippen LogP contribution is 2.10. The monoisotopic (exact) mass is 169 g/mol. The Morgan fingerprint density at radius 3 is 3.17 bits per heavy atom. The molecule has 0 unspecified atom stereocenters. The number of hydrogen-bond donors (Lipinski definition) is 2. The molecule has 1 rings (SSSR count). The van der Waals surface area contributed by atoms with E-state index in [-0.39, 0.29) is 6.61 Å². The van der Waals surface area contributed by atoms with Crippen LogP contribution in [0.3, 0.4) is 0 Å². The molecule has 66 valence electrons. The Labute approximate surface area is 70.0 Å². The molecule has 0 aromatic carbocycles. The van der Waals surface area contributed by atoms with Crippen molar-refractivity contribution in [2.24, 2.45) is 0 Å². The maximum atomic E-state index is 10.1. The molecule has 5 nitrogen and oxygen atoms in total. The van der Waals surface area contributed by atoms with E-state index >= 15 is 0 Å². The van der Waals surface area contributed by atoms with Crippen LogP contribution in [0.4, 0.5) is 5.69 Å². The van der Waals surface area contributed by atoms with Gasteiger partial charge in [-0.2, -0.15) is 5.10 Å². The normalized spacial score (nSPS) is 9.83. The number of nitrogens with one attached hydrogen (secondary N) is 1. The lowest BCUT2D eigenvalue weighted by Gasteiger charge is -1.93. The lowest BCUT2D eigenvalue weighted by Crippen LogP contribution is -2.02. The fourth-order valence-corrected chi connectivity index (χ4v) is 0.940. The molecule has 1 aromatic rings. The molecule has 1 aromatic heterocycles. The first-order valence-corrected chi connectivity index (χ1v) is 3.63. The van der Waals surface area contributed by atoms with Crippen LogP contribution in [0.5, 0.6) is 0 Å². The molecule has 0 atom stereocenters. The molecule has 0 aliphatic heterocycles. The predicted octanol–water partition coefficient (Wildman–Crippen LogP) is -0.248. The lowest BCUT2D eigenvalue weighted by molar-refractivity contribution is -0.105. The van der Waals surface area contributed by atoms with Gasteiger partial charge in [-0.3, -0.25) is 9.48 Å². The average Bonchev–Trinajstić information content (AvgIpc) is 2.34. The minimum atomic E-state index is 0.0433. The van der Waals surface area contributed by atoms with Crippen LogP contribution in [-0.4, -0.2) is 27.9 Å². The maximum Gasteiger partial charge on any atom is 0.211 e. The summed E-state index contributed by atoms with van der Waals surface area (Å²) in [4.78, 5) is 10.1. The Bertz CT molecular complexity index is 270. The Balaban J connectivity index is 2.77. The second kappa shape index (κ2) is 3.87. The molecule has 0 bridgehead atoms. The second-order valence-electron chi connectivity index (χ2n) is 2.38. The summed E-state index contributed by atoms with van der Waals surface area (Å²) in [6.45, 7) is 2.28. The summed E-state index contributed by atoms with van der Waals surface area (Å²) in [5.74, 6) is 0. The van der Waals surface area contributed by atoms with Crippen molar-refractivity contribution in [1.82, 2.24) is 9.78 Å². The Morgan fingerprint density at radius 1 is 1.83 bits per heavy atom. The number of aryl methyl sites for hydroxylation is 1. The highest BCUT2D eigenvalue weighted by Gasteiger charge is 2.02. The van der Waals surface area contributed by atoms with Gasteiger partial charge in [-0.15, -0.1) is 0 Å². The fraction of sp³-hybridized carbons (Fsp3) is 0.429. The summed E-state index contributed by atoms with van der Waals surface area (Å²) in [6, 6.07) is 0. The summed E-state index contributed by atoms with van der Waals surface area (Å²) >= 11 is 0. The van der Waals surface area contributed by atoms with Crippen LogP contribution in [0.25, 0.3) is 0 Å². The number of nitrogens with zero attached hydrogens (tertiary/aromatic N) is 2. The van der Waals surface area contributed by atoms with E-state index in [9.17, 15) is 4.79 Å². The minimum absolute atomic E-state index is 0.0433. The molecule has 0 radical (unpaired) electrons. The van der Waals surface area contributed by atoms with Gasteiger partial charge >= 0.3 is 0 Å². The van der Waals surface area contributed by atoms with E-state index < -0.39 is 0 Å². The summed E-state index contributed by atoms with van der Waals surface area (Å²) in [5, 5.41) is 15.2. The van der Waals surface area contributed by atoms with Crippen molar-refractivity contribution in [3.63, 3.8) is 0 Å². The predicted molar refractivity (Wildman–Crippen MR) is 43.7 cm³/mol. The number of carbonyl (C=O) groups excluding carboxylic acids is 1. The third-order valence-electron chi connectivity index (χ3n) is 1.49.